The van der Waals surface area contributed by atoms with E-state index in [0.29, 0.717) is 22.6 Å². The van der Waals surface area contributed by atoms with E-state index in [9.17, 15) is 9.59 Å². The largest absolute Gasteiger partial charge is 0.281 e. The molecule has 0 spiro atoms. The molecule has 1 aromatic carbocycles. The molecule has 1 N–H and O–H groups in total. The van der Waals surface area contributed by atoms with E-state index in [4.69, 9.17) is 0 Å². The Balaban J connectivity index is 1.55. The number of carbonyl (C=O) groups excluding carboxylic acids is 1. The molecule has 0 bridgehead atoms. The number of hydrogen-bond acceptors (Lipinski definition) is 5. The predicted molar refractivity (Wildman–Crippen MR) is 133 cm³/mol. The fraction of sp³-hybridized carbons (Fsp3) is 0.360. The molecule has 0 saturated heterocycles. The van der Waals surface area contributed by atoms with Crippen LogP contribution < -0.4 is 11.0 Å². The van der Waals surface area contributed by atoms with Crippen molar-refractivity contribution in [3.63, 3.8) is 0 Å². The van der Waals surface area contributed by atoms with Crippen molar-refractivity contribution in [1.82, 2.24) is 19.4 Å². The van der Waals surface area contributed by atoms with Gasteiger partial charge in [0.05, 0.1) is 11.1 Å². The minimum atomic E-state index is -0.270. The van der Waals surface area contributed by atoms with Gasteiger partial charge in [-0.1, -0.05) is 44.2 Å². The SMILES string of the molecule is Cc1nn(CC(C)C)c(C)c1CCC(=O)Nn1cnc2sc(C)c(-c3ccccc3)c2c1=O. The van der Waals surface area contributed by atoms with E-state index in [2.05, 4.69) is 29.4 Å². The number of aromatic nitrogens is 4. The lowest BCUT2D eigenvalue weighted by atomic mass is 10.0. The fourth-order valence-electron chi connectivity index (χ4n) is 4.18. The molecule has 0 fully saturated rings. The number of fused-ring (bicyclic) bond motifs is 1. The van der Waals surface area contributed by atoms with Gasteiger partial charge < -0.3 is 0 Å². The average Bonchev–Trinajstić information content (AvgIpc) is 3.24. The molecule has 0 unspecified atom stereocenters. The van der Waals surface area contributed by atoms with Crippen molar-refractivity contribution in [3.8, 4) is 11.1 Å². The van der Waals surface area contributed by atoms with Crippen LogP contribution in [0.5, 0.6) is 0 Å². The van der Waals surface area contributed by atoms with Crippen molar-refractivity contribution in [1.29, 1.82) is 0 Å². The van der Waals surface area contributed by atoms with Crippen LogP contribution in [0.15, 0.2) is 41.5 Å². The maximum absolute atomic E-state index is 13.3. The highest BCUT2D eigenvalue weighted by Gasteiger charge is 2.18. The predicted octanol–water partition coefficient (Wildman–Crippen LogP) is 4.61. The Kier molecular flexibility index (Phi) is 6.47. The zero-order valence-corrected chi connectivity index (χ0v) is 20.5. The van der Waals surface area contributed by atoms with E-state index >= 15 is 0 Å². The summed E-state index contributed by atoms with van der Waals surface area (Å²) in [6.45, 7) is 11.2. The van der Waals surface area contributed by atoms with Crippen LogP contribution in [-0.2, 0) is 17.8 Å². The zero-order chi connectivity index (χ0) is 23.7. The third-order valence-electron chi connectivity index (χ3n) is 5.77. The minimum absolute atomic E-state index is 0.234. The number of thiophene rings is 1. The second kappa shape index (κ2) is 9.31. The highest BCUT2D eigenvalue weighted by Crippen LogP contribution is 2.35. The molecule has 0 aliphatic carbocycles. The van der Waals surface area contributed by atoms with Gasteiger partial charge in [-0.3, -0.25) is 19.7 Å². The normalized spacial score (nSPS) is 11.5. The lowest BCUT2D eigenvalue weighted by Gasteiger charge is -2.09. The third-order valence-corrected chi connectivity index (χ3v) is 6.78. The van der Waals surface area contributed by atoms with Crippen LogP contribution in [-0.4, -0.2) is 25.3 Å². The Hall–Kier alpha value is -3.26. The maximum atomic E-state index is 13.3. The third kappa shape index (κ3) is 4.61. The highest BCUT2D eigenvalue weighted by molar-refractivity contribution is 7.19. The Morgan fingerprint density at radius 1 is 1.15 bits per heavy atom. The van der Waals surface area contributed by atoms with Gasteiger partial charge in [0, 0.05) is 29.1 Å². The number of nitrogens with zero attached hydrogens (tertiary/aromatic N) is 4. The number of aryl methyl sites for hydroxylation is 2. The molecule has 4 aromatic rings. The van der Waals surface area contributed by atoms with Crippen molar-refractivity contribution in [2.45, 2.75) is 54.0 Å². The van der Waals surface area contributed by atoms with E-state index in [1.165, 1.54) is 22.3 Å². The monoisotopic (exact) mass is 463 g/mol. The second-order valence-electron chi connectivity index (χ2n) is 8.76. The van der Waals surface area contributed by atoms with Crippen LogP contribution in [0.25, 0.3) is 21.3 Å². The molecule has 0 atom stereocenters. The zero-order valence-electron chi connectivity index (χ0n) is 19.7. The quantitative estimate of drug-likeness (QED) is 0.434. The van der Waals surface area contributed by atoms with E-state index in [0.717, 1.165) is 39.5 Å². The van der Waals surface area contributed by atoms with Crippen LogP contribution in [0, 0.1) is 26.7 Å². The van der Waals surface area contributed by atoms with Crippen LogP contribution in [0.3, 0.4) is 0 Å². The van der Waals surface area contributed by atoms with Crippen molar-refractivity contribution in [2.24, 2.45) is 5.92 Å². The lowest BCUT2D eigenvalue weighted by Crippen LogP contribution is -2.33. The first kappa shape index (κ1) is 22.9. The number of hydrogen-bond donors (Lipinski definition) is 1. The summed E-state index contributed by atoms with van der Waals surface area (Å²) in [5.74, 6) is 0.261. The molecule has 7 nitrogen and oxygen atoms in total. The smallest absolute Gasteiger partial charge is 0.273 e. The topological polar surface area (TPSA) is 81.8 Å². The van der Waals surface area contributed by atoms with Gasteiger partial charge in [0.1, 0.15) is 11.2 Å². The number of nitrogens with one attached hydrogen (secondary N) is 1. The van der Waals surface area contributed by atoms with E-state index in [-0.39, 0.29) is 17.9 Å². The maximum Gasteiger partial charge on any atom is 0.281 e. The van der Waals surface area contributed by atoms with E-state index in [1.807, 2.05) is 55.8 Å². The van der Waals surface area contributed by atoms with Crippen LogP contribution in [0.2, 0.25) is 0 Å². The first-order chi connectivity index (χ1) is 15.8. The Morgan fingerprint density at radius 3 is 2.58 bits per heavy atom. The first-order valence-corrected chi connectivity index (χ1v) is 12.0. The lowest BCUT2D eigenvalue weighted by molar-refractivity contribution is -0.117. The van der Waals surface area contributed by atoms with Gasteiger partial charge in [0.15, 0.2) is 0 Å². The van der Waals surface area contributed by atoms with Crippen LogP contribution in [0.4, 0.5) is 0 Å². The summed E-state index contributed by atoms with van der Waals surface area (Å²) in [4.78, 5) is 32.1. The highest BCUT2D eigenvalue weighted by atomic mass is 32.1. The van der Waals surface area contributed by atoms with Crippen LogP contribution in [0.1, 0.15) is 42.1 Å². The first-order valence-electron chi connectivity index (χ1n) is 11.1. The van der Waals surface area contributed by atoms with Crippen LogP contribution >= 0.6 is 11.3 Å². The summed E-state index contributed by atoms with van der Waals surface area (Å²) in [5.41, 5.74) is 7.42. The molecule has 3 heterocycles. The van der Waals surface area contributed by atoms with Gasteiger partial charge in [-0.15, -0.1) is 11.3 Å². The summed E-state index contributed by atoms with van der Waals surface area (Å²) < 4.78 is 3.21. The van der Waals surface area contributed by atoms with Gasteiger partial charge in [-0.05, 0) is 44.2 Å². The molecular formula is C25H29N5O2S. The molecule has 8 heteroatoms. The minimum Gasteiger partial charge on any atom is -0.273 e. The number of amides is 1. The standard InChI is InChI=1S/C25H29N5O2S/c1-15(2)13-29-17(4)20(16(3)27-29)11-12-21(31)28-30-14-26-24-23(25(30)32)22(18(5)33-24)19-9-7-6-8-10-19/h6-10,14-15H,11-13H2,1-5H3,(H,28,31). The number of benzene rings is 1. The Bertz CT molecular complexity index is 1370. The van der Waals surface area contributed by atoms with Gasteiger partial charge in [0.25, 0.3) is 5.56 Å². The molecule has 1 amide bonds. The van der Waals surface area contributed by atoms with Gasteiger partial charge in [-0.25, -0.2) is 9.66 Å². The number of rotatable bonds is 7. The average molecular weight is 464 g/mol. The second-order valence-corrected chi connectivity index (χ2v) is 9.96. The van der Waals surface area contributed by atoms with Crippen molar-refractivity contribution >= 4 is 27.5 Å². The van der Waals surface area contributed by atoms with Gasteiger partial charge in [0.2, 0.25) is 5.91 Å². The molecule has 0 aliphatic heterocycles. The molecule has 0 aliphatic rings. The summed E-state index contributed by atoms with van der Waals surface area (Å²) in [6.07, 6.45) is 2.22. The van der Waals surface area contributed by atoms with E-state index < -0.39 is 0 Å². The summed E-state index contributed by atoms with van der Waals surface area (Å²) >= 11 is 1.49. The van der Waals surface area contributed by atoms with Crippen molar-refractivity contribution in [3.05, 3.63) is 68.8 Å². The molecule has 172 valence electrons. The molecule has 0 saturated carbocycles. The summed E-state index contributed by atoms with van der Waals surface area (Å²) in [6, 6.07) is 9.80. The van der Waals surface area contributed by atoms with E-state index in [1.54, 1.807) is 0 Å². The molecular weight excluding hydrogens is 434 g/mol. The summed E-state index contributed by atoms with van der Waals surface area (Å²) in [5, 5.41) is 5.16. The van der Waals surface area contributed by atoms with Gasteiger partial charge >= 0.3 is 0 Å². The van der Waals surface area contributed by atoms with Crippen molar-refractivity contribution < 1.29 is 4.79 Å². The van der Waals surface area contributed by atoms with Gasteiger partial charge in [-0.2, -0.15) is 5.10 Å². The number of carbonyl (C=O) groups is 1. The Morgan fingerprint density at radius 2 is 1.88 bits per heavy atom. The molecule has 33 heavy (non-hydrogen) atoms. The fourth-order valence-corrected chi connectivity index (χ4v) is 5.19. The molecule has 0 radical (unpaired) electrons. The summed E-state index contributed by atoms with van der Waals surface area (Å²) in [7, 11) is 0. The Labute approximate surface area is 197 Å². The van der Waals surface area contributed by atoms with Crippen molar-refractivity contribution in [2.75, 3.05) is 5.43 Å². The molecule has 3 aromatic heterocycles. The molecule has 4 rings (SSSR count).